The Kier molecular flexibility index (Phi) is 3.35. The van der Waals surface area contributed by atoms with Gasteiger partial charge < -0.3 is 4.74 Å². The summed E-state index contributed by atoms with van der Waals surface area (Å²) in [5.41, 5.74) is 1.20. The van der Waals surface area contributed by atoms with E-state index < -0.39 is 0 Å². The Morgan fingerprint density at radius 2 is 2.07 bits per heavy atom. The van der Waals surface area contributed by atoms with Crippen molar-refractivity contribution in [2.24, 2.45) is 0 Å². The molecule has 1 aromatic carbocycles. The van der Waals surface area contributed by atoms with Gasteiger partial charge in [0.15, 0.2) is 0 Å². The fourth-order valence-corrected chi connectivity index (χ4v) is 0.973. The van der Waals surface area contributed by atoms with E-state index in [1.54, 1.807) is 13.2 Å². The van der Waals surface area contributed by atoms with Gasteiger partial charge in [-0.15, -0.1) is 6.42 Å². The van der Waals surface area contributed by atoms with E-state index in [-0.39, 0.29) is 0 Å². The van der Waals surface area contributed by atoms with E-state index in [1.807, 2.05) is 30.3 Å². The van der Waals surface area contributed by atoms with Crippen molar-refractivity contribution in [2.75, 3.05) is 7.11 Å². The van der Waals surface area contributed by atoms with Gasteiger partial charge in [0, 0.05) is 0 Å². The quantitative estimate of drug-likeness (QED) is 0.520. The van der Waals surface area contributed by atoms with Crippen LogP contribution in [-0.2, 0) is 0 Å². The fourth-order valence-electron chi connectivity index (χ4n) is 0.973. The number of terminal acetylenes is 1. The van der Waals surface area contributed by atoms with Crippen molar-refractivity contribution in [1.82, 2.24) is 0 Å². The lowest BCUT2D eigenvalue weighted by Crippen LogP contribution is -1.82. The monoisotopic (exact) mass is 183 g/mol. The number of allylic oxidation sites excluding steroid dienone is 1. The third-order valence-electron chi connectivity index (χ3n) is 1.70. The van der Waals surface area contributed by atoms with Crippen molar-refractivity contribution >= 4 is 6.08 Å². The zero-order chi connectivity index (χ0) is 10.4. The molecule has 0 heterocycles. The molecule has 0 atom stereocenters. The molecule has 0 spiro atoms. The number of methoxy groups -OCH3 is 1. The molecule has 0 aliphatic rings. The van der Waals surface area contributed by atoms with Gasteiger partial charge in [0.05, 0.1) is 7.11 Å². The van der Waals surface area contributed by atoms with Crippen LogP contribution in [-0.4, -0.2) is 7.11 Å². The van der Waals surface area contributed by atoms with Gasteiger partial charge in [-0.25, -0.2) is 0 Å². The first-order valence-electron chi connectivity index (χ1n) is 4.02. The Morgan fingerprint density at radius 3 is 2.50 bits per heavy atom. The van der Waals surface area contributed by atoms with Gasteiger partial charge in [-0.2, -0.15) is 5.26 Å². The summed E-state index contributed by atoms with van der Waals surface area (Å²) in [5, 5.41) is 8.60. The Hall–Kier alpha value is -2.19. The summed E-state index contributed by atoms with van der Waals surface area (Å²) in [4.78, 5) is 0. The topological polar surface area (TPSA) is 33.0 Å². The van der Waals surface area contributed by atoms with Gasteiger partial charge in [-0.3, -0.25) is 0 Å². The van der Waals surface area contributed by atoms with Crippen molar-refractivity contribution in [3.8, 4) is 24.2 Å². The highest BCUT2D eigenvalue weighted by molar-refractivity contribution is 5.63. The zero-order valence-corrected chi connectivity index (χ0v) is 7.82. The second-order valence-corrected chi connectivity index (χ2v) is 2.59. The molecule has 0 saturated carbocycles. The minimum atomic E-state index is 0.315. The molecule has 0 unspecified atom stereocenters. The first-order valence-corrected chi connectivity index (χ1v) is 4.02. The number of hydrogen-bond acceptors (Lipinski definition) is 2. The highest BCUT2D eigenvalue weighted by Gasteiger charge is 1.93. The van der Waals surface area contributed by atoms with Crippen molar-refractivity contribution in [3.63, 3.8) is 0 Å². The minimum absolute atomic E-state index is 0.315. The number of rotatable bonds is 2. The second kappa shape index (κ2) is 4.74. The molecule has 0 amide bonds. The van der Waals surface area contributed by atoms with Crippen LogP contribution in [0.1, 0.15) is 5.56 Å². The lowest BCUT2D eigenvalue weighted by Gasteiger charge is -1.98. The Labute approximate surface area is 83.4 Å². The molecule has 0 aliphatic heterocycles. The van der Waals surface area contributed by atoms with Crippen molar-refractivity contribution in [1.29, 1.82) is 5.26 Å². The fraction of sp³-hybridized carbons (Fsp3) is 0.0833. The van der Waals surface area contributed by atoms with E-state index >= 15 is 0 Å². The van der Waals surface area contributed by atoms with Crippen LogP contribution in [0.5, 0.6) is 5.75 Å². The summed E-state index contributed by atoms with van der Waals surface area (Å²) in [5.74, 6) is 3.08. The summed E-state index contributed by atoms with van der Waals surface area (Å²) < 4.78 is 5.00. The maximum Gasteiger partial charge on any atom is 0.118 e. The van der Waals surface area contributed by atoms with Crippen LogP contribution < -0.4 is 4.74 Å². The molecule has 0 aromatic heterocycles. The summed E-state index contributed by atoms with van der Waals surface area (Å²) in [6.07, 6.45) is 6.77. The second-order valence-electron chi connectivity index (χ2n) is 2.59. The molecule has 0 fully saturated rings. The molecule has 1 rings (SSSR count). The van der Waals surface area contributed by atoms with Gasteiger partial charge in [-0.05, 0) is 23.8 Å². The minimum Gasteiger partial charge on any atom is -0.497 e. The summed E-state index contributed by atoms with van der Waals surface area (Å²) in [6, 6.07) is 9.24. The molecule has 0 bridgehead atoms. The van der Waals surface area contributed by atoms with Crippen molar-refractivity contribution in [3.05, 3.63) is 35.4 Å². The zero-order valence-electron chi connectivity index (χ0n) is 7.82. The molecule has 0 radical (unpaired) electrons. The van der Waals surface area contributed by atoms with Crippen LogP contribution in [0.3, 0.4) is 0 Å². The van der Waals surface area contributed by atoms with E-state index in [0.717, 1.165) is 11.3 Å². The van der Waals surface area contributed by atoms with Gasteiger partial charge in [0.1, 0.15) is 17.4 Å². The predicted molar refractivity (Wildman–Crippen MR) is 55.4 cm³/mol. The number of nitrogens with zero attached hydrogens (tertiary/aromatic N) is 1. The van der Waals surface area contributed by atoms with Crippen molar-refractivity contribution < 1.29 is 4.74 Å². The first kappa shape index (κ1) is 9.89. The normalized spacial score (nSPS) is 10.1. The number of benzene rings is 1. The lowest BCUT2D eigenvalue weighted by atomic mass is 10.1. The standard InChI is InChI=1S/C12H9NO/c1-3-10(9-13)8-11-4-6-12(14-2)7-5-11/h1,4-8H,2H3/b10-8-. The van der Waals surface area contributed by atoms with E-state index in [9.17, 15) is 0 Å². The van der Waals surface area contributed by atoms with Crippen LogP contribution in [0.15, 0.2) is 29.8 Å². The SMILES string of the molecule is C#C/C(C#N)=C/c1ccc(OC)cc1. The van der Waals surface area contributed by atoms with Gasteiger partial charge >= 0.3 is 0 Å². The number of nitriles is 1. The molecule has 1 aromatic rings. The lowest BCUT2D eigenvalue weighted by molar-refractivity contribution is 0.415. The largest absolute Gasteiger partial charge is 0.497 e. The third kappa shape index (κ3) is 2.40. The summed E-state index contributed by atoms with van der Waals surface area (Å²) >= 11 is 0. The molecular weight excluding hydrogens is 174 g/mol. The molecular formula is C12H9NO. The number of ether oxygens (including phenoxy) is 1. The molecule has 2 heteroatoms. The predicted octanol–water partition coefficient (Wildman–Crippen LogP) is 2.24. The Balaban J connectivity index is 2.95. The maximum atomic E-state index is 8.60. The van der Waals surface area contributed by atoms with E-state index in [1.165, 1.54) is 0 Å². The molecule has 14 heavy (non-hydrogen) atoms. The van der Waals surface area contributed by atoms with E-state index in [2.05, 4.69) is 5.92 Å². The molecule has 0 N–H and O–H groups in total. The third-order valence-corrected chi connectivity index (χ3v) is 1.70. The first-order chi connectivity index (χ1) is 6.80. The number of hydrogen-bond donors (Lipinski definition) is 0. The van der Waals surface area contributed by atoms with Gasteiger partial charge in [0.25, 0.3) is 0 Å². The Bertz CT molecular complexity index is 399. The van der Waals surface area contributed by atoms with Crippen LogP contribution in [0.4, 0.5) is 0 Å². The van der Waals surface area contributed by atoms with Crippen LogP contribution in [0.25, 0.3) is 6.08 Å². The highest BCUT2D eigenvalue weighted by Crippen LogP contribution is 2.13. The van der Waals surface area contributed by atoms with Gasteiger partial charge in [-0.1, -0.05) is 18.1 Å². The smallest absolute Gasteiger partial charge is 0.118 e. The molecule has 0 saturated heterocycles. The average Bonchev–Trinajstić information content (AvgIpc) is 2.26. The van der Waals surface area contributed by atoms with Crippen LogP contribution >= 0.6 is 0 Å². The summed E-state index contributed by atoms with van der Waals surface area (Å²) in [7, 11) is 1.60. The average molecular weight is 183 g/mol. The van der Waals surface area contributed by atoms with E-state index in [4.69, 9.17) is 16.4 Å². The Morgan fingerprint density at radius 1 is 1.43 bits per heavy atom. The summed E-state index contributed by atoms with van der Waals surface area (Å²) in [6.45, 7) is 0. The van der Waals surface area contributed by atoms with Gasteiger partial charge in [0.2, 0.25) is 0 Å². The van der Waals surface area contributed by atoms with Crippen molar-refractivity contribution in [2.45, 2.75) is 0 Å². The highest BCUT2D eigenvalue weighted by atomic mass is 16.5. The van der Waals surface area contributed by atoms with E-state index in [0.29, 0.717) is 5.57 Å². The molecule has 68 valence electrons. The molecule has 2 nitrogen and oxygen atoms in total. The van der Waals surface area contributed by atoms with Crippen LogP contribution in [0.2, 0.25) is 0 Å². The molecule has 0 aliphatic carbocycles. The van der Waals surface area contributed by atoms with Crippen LogP contribution in [0, 0.1) is 23.7 Å². The maximum absolute atomic E-state index is 8.60.